The molecule has 0 aromatic heterocycles. The molecule has 1 aliphatic heterocycles. The standard InChI is InChI=1S/C17H15BrF3N3O5S.ClH/c18-8-1-2-12(10(3-8)17(19,20)21)30(28,29)9-4-11(14(25)26)24(6-9)13-5-16(13,7-22)15(23)27;/h1-3,9,11,13H,4-6H2,(H2,23,27)(H,25,26);1H/t9-,11+,13?,16?;/m1./s1. The number of sulfone groups is 1. The normalized spacial score (nSPS) is 28.4. The first kappa shape index (κ1) is 25.4. The second kappa shape index (κ2) is 8.23. The number of amides is 1. The van der Waals surface area contributed by atoms with Gasteiger partial charge in [0.05, 0.1) is 21.8 Å². The largest absolute Gasteiger partial charge is 0.480 e. The molecule has 1 saturated heterocycles. The molecule has 0 radical (unpaired) electrons. The molecule has 1 aliphatic carbocycles. The van der Waals surface area contributed by atoms with Crippen LogP contribution < -0.4 is 5.73 Å². The van der Waals surface area contributed by atoms with Crippen molar-refractivity contribution in [1.82, 2.24) is 4.90 Å². The van der Waals surface area contributed by atoms with Gasteiger partial charge in [-0.2, -0.15) is 18.4 Å². The second-order valence-electron chi connectivity index (χ2n) is 7.26. The number of nitriles is 1. The first-order chi connectivity index (χ1) is 13.8. The van der Waals surface area contributed by atoms with Crippen molar-refractivity contribution in [1.29, 1.82) is 5.26 Å². The number of carbonyl (C=O) groups excluding carboxylic acids is 1. The van der Waals surface area contributed by atoms with Gasteiger partial charge in [0.25, 0.3) is 0 Å². The van der Waals surface area contributed by atoms with E-state index in [2.05, 4.69) is 15.9 Å². The fourth-order valence-electron chi connectivity index (χ4n) is 3.87. The van der Waals surface area contributed by atoms with Crippen LogP contribution in [0.2, 0.25) is 0 Å². The van der Waals surface area contributed by atoms with E-state index in [1.54, 1.807) is 6.07 Å². The molecular formula is C17H16BrClF3N3O5S. The van der Waals surface area contributed by atoms with E-state index in [-0.39, 0.29) is 23.3 Å². The third-order valence-corrected chi connectivity index (χ3v) is 8.22. The molecule has 1 amide bonds. The van der Waals surface area contributed by atoms with Gasteiger partial charge < -0.3 is 10.8 Å². The summed E-state index contributed by atoms with van der Waals surface area (Å²) >= 11 is 2.88. The summed E-state index contributed by atoms with van der Waals surface area (Å²) in [5.74, 6) is -2.36. The number of hydrogen-bond acceptors (Lipinski definition) is 6. The Labute approximate surface area is 189 Å². The highest BCUT2D eigenvalue weighted by molar-refractivity contribution is 9.10. The van der Waals surface area contributed by atoms with Crippen molar-refractivity contribution >= 4 is 50.1 Å². The third-order valence-electron chi connectivity index (χ3n) is 5.54. The number of nitrogens with two attached hydrogens (primary N) is 1. The van der Waals surface area contributed by atoms with Gasteiger partial charge in [0.2, 0.25) is 5.91 Å². The molecule has 2 fully saturated rings. The Morgan fingerprint density at radius 1 is 1.35 bits per heavy atom. The van der Waals surface area contributed by atoms with Crippen molar-refractivity contribution in [2.24, 2.45) is 11.1 Å². The highest BCUT2D eigenvalue weighted by Crippen LogP contribution is 2.51. The number of carboxylic acids is 1. The smallest absolute Gasteiger partial charge is 0.417 e. The summed E-state index contributed by atoms with van der Waals surface area (Å²) in [6, 6.07) is 2.07. The van der Waals surface area contributed by atoms with Crippen molar-refractivity contribution in [2.45, 2.75) is 41.2 Å². The zero-order valence-corrected chi connectivity index (χ0v) is 18.7. The molecule has 1 aromatic carbocycles. The number of alkyl halides is 3. The predicted molar refractivity (Wildman–Crippen MR) is 106 cm³/mol. The number of halogens is 5. The fourth-order valence-corrected chi connectivity index (χ4v) is 6.13. The number of likely N-dealkylation sites (tertiary alicyclic amines) is 1. The lowest BCUT2D eigenvalue weighted by Gasteiger charge is -2.22. The predicted octanol–water partition coefficient (Wildman–Crippen LogP) is 1.96. The number of primary amides is 1. The Bertz CT molecular complexity index is 1080. The molecular weight excluding hydrogens is 531 g/mol. The van der Waals surface area contributed by atoms with Crippen molar-refractivity contribution < 1.29 is 36.3 Å². The van der Waals surface area contributed by atoms with Crippen LogP contribution in [0, 0.1) is 16.7 Å². The van der Waals surface area contributed by atoms with Crippen LogP contribution in [0.15, 0.2) is 27.6 Å². The number of rotatable bonds is 5. The third kappa shape index (κ3) is 4.26. The van der Waals surface area contributed by atoms with Crippen LogP contribution in [0.5, 0.6) is 0 Å². The number of carboxylic acid groups (broad SMARTS) is 1. The highest BCUT2D eigenvalue weighted by atomic mass is 79.9. The summed E-state index contributed by atoms with van der Waals surface area (Å²) < 4.78 is 66.4. The molecule has 1 heterocycles. The summed E-state index contributed by atoms with van der Waals surface area (Å²) in [6.45, 7) is -0.436. The van der Waals surface area contributed by atoms with Crippen molar-refractivity contribution in [2.75, 3.05) is 6.54 Å². The first-order valence-corrected chi connectivity index (χ1v) is 10.9. The second-order valence-corrected chi connectivity index (χ2v) is 10.4. The van der Waals surface area contributed by atoms with E-state index in [4.69, 9.17) is 5.73 Å². The summed E-state index contributed by atoms with van der Waals surface area (Å²) in [4.78, 5) is 23.5. The zero-order valence-electron chi connectivity index (χ0n) is 15.5. The topological polar surface area (TPSA) is 142 Å². The molecule has 170 valence electrons. The van der Waals surface area contributed by atoms with E-state index in [9.17, 15) is 41.5 Å². The number of carbonyl (C=O) groups is 2. The number of aliphatic carboxylic acids is 1. The molecule has 1 aromatic rings. The minimum absolute atomic E-state index is 0. The summed E-state index contributed by atoms with van der Waals surface area (Å²) in [5.41, 5.74) is 2.23. The van der Waals surface area contributed by atoms with Gasteiger partial charge in [0.15, 0.2) is 15.3 Å². The maximum Gasteiger partial charge on any atom is 0.417 e. The molecule has 2 aliphatic rings. The van der Waals surface area contributed by atoms with Gasteiger partial charge in [-0.1, -0.05) is 15.9 Å². The lowest BCUT2D eigenvalue weighted by Crippen LogP contribution is -2.42. The highest BCUT2D eigenvalue weighted by Gasteiger charge is 2.66. The van der Waals surface area contributed by atoms with Gasteiger partial charge in [-0.25, -0.2) is 8.42 Å². The Balaban J connectivity index is 0.00000341. The van der Waals surface area contributed by atoms with Gasteiger partial charge in [0, 0.05) is 17.1 Å². The maximum absolute atomic E-state index is 13.4. The van der Waals surface area contributed by atoms with E-state index >= 15 is 0 Å². The Morgan fingerprint density at radius 2 is 1.97 bits per heavy atom. The van der Waals surface area contributed by atoms with E-state index in [1.807, 2.05) is 0 Å². The molecule has 4 atom stereocenters. The lowest BCUT2D eigenvalue weighted by atomic mass is 10.1. The van der Waals surface area contributed by atoms with Crippen LogP contribution in [0.4, 0.5) is 13.2 Å². The van der Waals surface area contributed by atoms with Gasteiger partial charge in [-0.15, -0.1) is 12.4 Å². The Hall–Kier alpha value is -1.88. The average Bonchev–Trinajstić information content (AvgIpc) is 3.21. The maximum atomic E-state index is 13.4. The van der Waals surface area contributed by atoms with Gasteiger partial charge in [-0.05, 0) is 31.0 Å². The minimum Gasteiger partial charge on any atom is -0.480 e. The summed E-state index contributed by atoms with van der Waals surface area (Å²) in [7, 11) is -4.58. The van der Waals surface area contributed by atoms with Crippen LogP contribution in [-0.2, 0) is 25.6 Å². The molecule has 1 saturated carbocycles. The molecule has 2 unspecified atom stereocenters. The molecule has 14 heteroatoms. The number of benzene rings is 1. The van der Waals surface area contributed by atoms with Crippen molar-refractivity contribution in [3.05, 3.63) is 28.2 Å². The molecule has 3 N–H and O–H groups in total. The van der Waals surface area contributed by atoms with Gasteiger partial charge >= 0.3 is 12.1 Å². The van der Waals surface area contributed by atoms with Crippen LogP contribution in [0.3, 0.4) is 0 Å². The summed E-state index contributed by atoms with van der Waals surface area (Å²) in [6.07, 6.45) is -5.50. The van der Waals surface area contributed by atoms with Gasteiger partial charge in [-0.3, -0.25) is 14.5 Å². The van der Waals surface area contributed by atoms with E-state index in [0.717, 1.165) is 12.1 Å². The number of nitrogens with zero attached hydrogens (tertiary/aromatic N) is 2. The van der Waals surface area contributed by atoms with Crippen LogP contribution in [0.1, 0.15) is 18.4 Å². The monoisotopic (exact) mass is 545 g/mol. The van der Waals surface area contributed by atoms with E-state index in [1.165, 1.54) is 4.90 Å². The van der Waals surface area contributed by atoms with E-state index in [0.29, 0.717) is 6.07 Å². The first-order valence-electron chi connectivity index (χ1n) is 8.56. The van der Waals surface area contributed by atoms with Crippen LogP contribution in [-0.4, -0.2) is 54.2 Å². The number of hydrogen-bond donors (Lipinski definition) is 2. The average molecular weight is 547 g/mol. The lowest BCUT2D eigenvalue weighted by molar-refractivity contribution is -0.143. The SMILES string of the molecule is Cl.N#CC1(C(N)=O)CC1N1C[C@H](S(=O)(=O)c2ccc(Br)cc2C(F)(F)F)C[C@H]1C(=O)O. The van der Waals surface area contributed by atoms with Crippen molar-refractivity contribution in [3.63, 3.8) is 0 Å². The molecule has 31 heavy (non-hydrogen) atoms. The molecule has 0 bridgehead atoms. The van der Waals surface area contributed by atoms with E-state index < -0.39 is 74.1 Å². The summed E-state index contributed by atoms with van der Waals surface area (Å²) in [5, 5.41) is 17.3. The fraction of sp³-hybridized carbons (Fsp3) is 0.471. The Morgan fingerprint density at radius 3 is 2.42 bits per heavy atom. The molecule has 8 nitrogen and oxygen atoms in total. The minimum atomic E-state index is -4.95. The van der Waals surface area contributed by atoms with Crippen LogP contribution in [0.25, 0.3) is 0 Å². The molecule has 3 rings (SSSR count). The van der Waals surface area contributed by atoms with Crippen molar-refractivity contribution in [3.8, 4) is 6.07 Å². The van der Waals surface area contributed by atoms with Crippen LogP contribution >= 0.6 is 28.3 Å². The quantitative estimate of drug-likeness (QED) is 0.575. The Kier molecular flexibility index (Phi) is 6.74. The van der Waals surface area contributed by atoms with Gasteiger partial charge in [0.1, 0.15) is 6.04 Å². The zero-order chi connectivity index (χ0) is 22.6. The molecule has 0 spiro atoms.